The summed E-state index contributed by atoms with van der Waals surface area (Å²) in [6.07, 6.45) is 6.84. The number of hydrogen-bond donors (Lipinski definition) is 1. The van der Waals surface area contributed by atoms with E-state index in [-0.39, 0.29) is 6.10 Å². The number of aliphatic hydroxyl groups excluding tert-OH is 1. The molecule has 1 aliphatic carbocycles. The summed E-state index contributed by atoms with van der Waals surface area (Å²) in [6.45, 7) is 6.62. The first-order valence-corrected chi connectivity index (χ1v) is 7.31. The van der Waals surface area contributed by atoms with Crippen LogP contribution in [0.5, 0.6) is 0 Å². The summed E-state index contributed by atoms with van der Waals surface area (Å²) in [5.41, 5.74) is 5.71. The van der Waals surface area contributed by atoms with E-state index in [1.165, 1.54) is 41.5 Å². The largest absolute Gasteiger partial charge is 0.393 e. The fraction of sp³-hybridized carbons (Fsp3) is 0.647. The summed E-state index contributed by atoms with van der Waals surface area (Å²) in [4.78, 5) is 0. The molecule has 1 fully saturated rings. The Hall–Kier alpha value is -0.820. The number of hydrogen-bond acceptors (Lipinski definition) is 1. The minimum absolute atomic E-state index is 0.0661. The zero-order chi connectivity index (χ0) is 13.1. The van der Waals surface area contributed by atoms with E-state index in [2.05, 4.69) is 32.9 Å². The molecule has 2 rings (SSSR count). The Morgan fingerprint density at radius 1 is 1.06 bits per heavy atom. The van der Waals surface area contributed by atoms with Crippen LogP contribution in [0.2, 0.25) is 0 Å². The molecule has 1 aromatic rings. The van der Waals surface area contributed by atoms with E-state index in [0.717, 1.165) is 19.3 Å². The van der Waals surface area contributed by atoms with Gasteiger partial charge in [0.1, 0.15) is 0 Å². The first-order valence-electron chi connectivity index (χ1n) is 7.31. The van der Waals surface area contributed by atoms with Crippen molar-refractivity contribution in [3.8, 4) is 0 Å². The van der Waals surface area contributed by atoms with Crippen LogP contribution in [0, 0.1) is 26.7 Å². The molecular weight excluding hydrogens is 220 g/mol. The van der Waals surface area contributed by atoms with Crippen molar-refractivity contribution in [3.63, 3.8) is 0 Å². The van der Waals surface area contributed by atoms with Gasteiger partial charge in [0.15, 0.2) is 0 Å². The van der Waals surface area contributed by atoms with E-state index >= 15 is 0 Å². The summed E-state index contributed by atoms with van der Waals surface area (Å²) >= 11 is 0. The highest BCUT2D eigenvalue weighted by Gasteiger charge is 2.20. The smallest absolute Gasteiger partial charge is 0.0543 e. The van der Waals surface area contributed by atoms with E-state index < -0.39 is 0 Å². The SMILES string of the molecule is Cc1cc(C)c(CC2CCCCC(O)C2)c(C)c1. The Bertz CT molecular complexity index is 385. The van der Waals surface area contributed by atoms with Crippen LogP contribution in [-0.2, 0) is 6.42 Å². The van der Waals surface area contributed by atoms with Crippen molar-refractivity contribution in [1.82, 2.24) is 0 Å². The van der Waals surface area contributed by atoms with Crippen LogP contribution in [-0.4, -0.2) is 11.2 Å². The van der Waals surface area contributed by atoms with Crippen molar-refractivity contribution < 1.29 is 5.11 Å². The van der Waals surface area contributed by atoms with Crippen molar-refractivity contribution in [2.45, 2.75) is 65.4 Å². The highest BCUT2D eigenvalue weighted by atomic mass is 16.3. The first kappa shape index (κ1) is 13.6. The molecule has 2 unspecified atom stereocenters. The molecule has 1 aliphatic rings. The van der Waals surface area contributed by atoms with Gasteiger partial charge in [0.25, 0.3) is 0 Å². The third-order valence-corrected chi connectivity index (χ3v) is 4.34. The highest BCUT2D eigenvalue weighted by Crippen LogP contribution is 2.29. The predicted octanol–water partition coefficient (Wildman–Crippen LogP) is 4.10. The molecule has 1 heteroatoms. The van der Waals surface area contributed by atoms with Gasteiger partial charge in [0.05, 0.1) is 6.10 Å². The number of aryl methyl sites for hydroxylation is 3. The minimum atomic E-state index is -0.0661. The maximum atomic E-state index is 9.92. The molecule has 0 spiro atoms. The zero-order valence-corrected chi connectivity index (χ0v) is 12.0. The highest BCUT2D eigenvalue weighted by molar-refractivity contribution is 5.37. The van der Waals surface area contributed by atoms with Gasteiger partial charge in [-0.15, -0.1) is 0 Å². The van der Waals surface area contributed by atoms with Gasteiger partial charge >= 0.3 is 0 Å². The molecule has 18 heavy (non-hydrogen) atoms. The Balaban J connectivity index is 2.13. The summed E-state index contributed by atoms with van der Waals surface area (Å²) in [5, 5.41) is 9.92. The van der Waals surface area contributed by atoms with Crippen LogP contribution in [0.15, 0.2) is 12.1 Å². The molecule has 0 bridgehead atoms. The zero-order valence-electron chi connectivity index (χ0n) is 12.0. The lowest BCUT2D eigenvalue weighted by molar-refractivity contribution is 0.141. The van der Waals surface area contributed by atoms with Crippen LogP contribution in [0.1, 0.15) is 54.4 Å². The van der Waals surface area contributed by atoms with Crippen molar-refractivity contribution >= 4 is 0 Å². The molecule has 1 N–H and O–H groups in total. The fourth-order valence-electron chi connectivity index (χ4n) is 3.44. The van der Waals surface area contributed by atoms with Gasteiger partial charge in [-0.05, 0) is 62.6 Å². The van der Waals surface area contributed by atoms with Gasteiger partial charge < -0.3 is 5.11 Å². The summed E-state index contributed by atoms with van der Waals surface area (Å²) in [5.74, 6) is 0.669. The summed E-state index contributed by atoms with van der Waals surface area (Å²) in [6, 6.07) is 4.57. The Labute approximate surface area is 111 Å². The molecule has 2 atom stereocenters. The molecule has 0 saturated heterocycles. The van der Waals surface area contributed by atoms with Gasteiger partial charge in [0.2, 0.25) is 0 Å². The number of benzene rings is 1. The normalized spacial score (nSPS) is 24.9. The van der Waals surface area contributed by atoms with Crippen LogP contribution in [0.25, 0.3) is 0 Å². The van der Waals surface area contributed by atoms with Crippen LogP contribution < -0.4 is 0 Å². The third kappa shape index (κ3) is 3.35. The lowest BCUT2D eigenvalue weighted by atomic mass is 9.87. The van der Waals surface area contributed by atoms with E-state index in [4.69, 9.17) is 0 Å². The van der Waals surface area contributed by atoms with Gasteiger partial charge in [0, 0.05) is 0 Å². The molecule has 1 aromatic carbocycles. The maximum absolute atomic E-state index is 9.92. The first-order chi connectivity index (χ1) is 8.56. The fourth-order valence-corrected chi connectivity index (χ4v) is 3.44. The standard InChI is InChI=1S/C17H26O/c1-12-8-13(2)17(14(3)9-12)11-15-6-4-5-7-16(18)10-15/h8-9,15-16,18H,4-7,10-11H2,1-3H3. The van der Waals surface area contributed by atoms with Gasteiger partial charge in [-0.25, -0.2) is 0 Å². The molecule has 0 heterocycles. The topological polar surface area (TPSA) is 20.2 Å². The van der Waals surface area contributed by atoms with Crippen molar-refractivity contribution in [2.75, 3.05) is 0 Å². The lowest BCUT2D eigenvalue weighted by Gasteiger charge is -2.19. The second-order valence-electron chi connectivity index (χ2n) is 6.12. The average molecular weight is 246 g/mol. The summed E-state index contributed by atoms with van der Waals surface area (Å²) in [7, 11) is 0. The second kappa shape index (κ2) is 5.88. The van der Waals surface area contributed by atoms with E-state index in [0.29, 0.717) is 5.92 Å². The van der Waals surface area contributed by atoms with Crippen LogP contribution in [0.4, 0.5) is 0 Å². The van der Waals surface area contributed by atoms with Crippen LogP contribution in [0.3, 0.4) is 0 Å². The van der Waals surface area contributed by atoms with Gasteiger partial charge in [-0.2, -0.15) is 0 Å². The van der Waals surface area contributed by atoms with Crippen molar-refractivity contribution in [1.29, 1.82) is 0 Å². The Morgan fingerprint density at radius 2 is 1.67 bits per heavy atom. The molecule has 0 aliphatic heterocycles. The monoisotopic (exact) mass is 246 g/mol. The lowest BCUT2D eigenvalue weighted by Crippen LogP contribution is -2.13. The summed E-state index contributed by atoms with van der Waals surface area (Å²) < 4.78 is 0. The Kier molecular flexibility index (Phi) is 4.45. The Morgan fingerprint density at radius 3 is 2.33 bits per heavy atom. The van der Waals surface area contributed by atoms with Gasteiger partial charge in [-0.3, -0.25) is 0 Å². The van der Waals surface area contributed by atoms with E-state index in [1.807, 2.05) is 0 Å². The van der Waals surface area contributed by atoms with E-state index in [1.54, 1.807) is 0 Å². The second-order valence-corrected chi connectivity index (χ2v) is 6.12. The van der Waals surface area contributed by atoms with E-state index in [9.17, 15) is 5.11 Å². The van der Waals surface area contributed by atoms with Gasteiger partial charge in [-0.1, -0.05) is 37.0 Å². The molecule has 100 valence electrons. The average Bonchev–Trinajstić information content (AvgIpc) is 2.48. The molecule has 1 saturated carbocycles. The number of rotatable bonds is 2. The molecule has 0 amide bonds. The minimum Gasteiger partial charge on any atom is -0.393 e. The quantitative estimate of drug-likeness (QED) is 0.779. The molecule has 0 aromatic heterocycles. The van der Waals surface area contributed by atoms with Crippen LogP contribution >= 0.6 is 0 Å². The van der Waals surface area contributed by atoms with Crippen molar-refractivity contribution in [2.24, 2.45) is 5.92 Å². The molecule has 1 nitrogen and oxygen atoms in total. The maximum Gasteiger partial charge on any atom is 0.0543 e. The third-order valence-electron chi connectivity index (χ3n) is 4.34. The predicted molar refractivity (Wildman–Crippen MR) is 76.9 cm³/mol. The van der Waals surface area contributed by atoms with Crippen molar-refractivity contribution in [3.05, 3.63) is 34.4 Å². The molecule has 0 radical (unpaired) electrons. The number of aliphatic hydroxyl groups is 1. The molecular formula is C17H26O.